The summed E-state index contributed by atoms with van der Waals surface area (Å²) < 4.78 is 19.6. The minimum atomic E-state index is -0.217. The third kappa shape index (κ3) is 5.22. The van der Waals surface area contributed by atoms with E-state index < -0.39 is 0 Å². The second kappa shape index (κ2) is 9.65. The molecule has 2 aromatic carbocycles. The molecule has 0 radical (unpaired) electrons. The molecule has 2 nitrogen and oxygen atoms in total. The summed E-state index contributed by atoms with van der Waals surface area (Å²) in [5.74, 6) is 0.615. The van der Waals surface area contributed by atoms with Gasteiger partial charge >= 0.3 is 0 Å². The molecule has 4 heteroatoms. The molecule has 1 fully saturated rings. The van der Waals surface area contributed by atoms with E-state index in [-0.39, 0.29) is 24.8 Å². The minimum Gasteiger partial charge on any atom is -0.488 e. The molecule has 0 unspecified atom stereocenters. The highest BCUT2D eigenvalue weighted by Gasteiger charge is 2.13. The lowest BCUT2D eigenvalue weighted by Crippen LogP contribution is -2.30. The normalized spacial score (nSPS) is 14.9. The fraction of sp³-hybridized carbons (Fsp3) is 0.400. The molecule has 0 atom stereocenters. The lowest BCUT2D eigenvalue weighted by atomic mass is 9.95. The van der Waals surface area contributed by atoms with Crippen LogP contribution in [0.3, 0.4) is 0 Å². The van der Waals surface area contributed by atoms with Gasteiger partial charge in [0.2, 0.25) is 0 Å². The van der Waals surface area contributed by atoms with E-state index >= 15 is 0 Å². The standard InChI is InChI=1S/C20H24FNO.ClH/c21-19-12-6-4-9-17(19)15-23-20-13-7-5-8-16(20)14-22-18-10-2-1-3-11-18;/h4-9,12-13,18,22H,1-3,10-11,14-15H2;1H. The fourth-order valence-corrected chi connectivity index (χ4v) is 3.12. The summed E-state index contributed by atoms with van der Waals surface area (Å²) in [6.45, 7) is 1.06. The summed E-state index contributed by atoms with van der Waals surface area (Å²) in [5.41, 5.74) is 1.72. The Morgan fingerprint density at radius 3 is 2.33 bits per heavy atom. The molecule has 0 bridgehead atoms. The van der Waals surface area contributed by atoms with Crippen molar-refractivity contribution in [3.8, 4) is 5.75 Å². The first kappa shape index (κ1) is 18.8. The van der Waals surface area contributed by atoms with Crippen LogP contribution in [-0.2, 0) is 13.2 Å². The van der Waals surface area contributed by atoms with Crippen LogP contribution >= 0.6 is 12.4 Å². The van der Waals surface area contributed by atoms with E-state index in [0.29, 0.717) is 11.6 Å². The molecule has 2 aromatic rings. The summed E-state index contributed by atoms with van der Waals surface area (Å²) in [6.07, 6.45) is 6.53. The van der Waals surface area contributed by atoms with E-state index in [2.05, 4.69) is 11.4 Å². The molecule has 3 rings (SSSR count). The van der Waals surface area contributed by atoms with Crippen LogP contribution < -0.4 is 10.1 Å². The van der Waals surface area contributed by atoms with E-state index in [9.17, 15) is 4.39 Å². The number of rotatable bonds is 6. The summed E-state index contributed by atoms with van der Waals surface area (Å²) in [5, 5.41) is 3.63. The fourth-order valence-electron chi connectivity index (χ4n) is 3.12. The number of para-hydroxylation sites is 1. The van der Waals surface area contributed by atoms with Gasteiger partial charge in [-0.25, -0.2) is 4.39 Å². The Kier molecular flexibility index (Phi) is 7.54. The molecule has 0 aromatic heterocycles. The molecule has 130 valence electrons. The number of hydrogen-bond acceptors (Lipinski definition) is 2. The Hall–Kier alpha value is -1.58. The zero-order valence-electron chi connectivity index (χ0n) is 13.8. The van der Waals surface area contributed by atoms with E-state index in [1.54, 1.807) is 12.1 Å². The molecule has 1 saturated carbocycles. The van der Waals surface area contributed by atoms with Crippen LogP contribution in [0.2, 0.25) is 0 Å². The van der Waals surface area contributed by atoms with Crippen LogP contribution in [0.25, 0.3) is 0 Å². The molecular formula is C20H25ClFNO. The maximum absolute atomic E-state index is 13.7. The van der Waals surface area contributed by atoms with E-state index in [1.807, 2.05) is 24.3 Å². The maximum Gasteiger partial charge on any atom is 0.129 e. The largest absolute Gasteiger partial charge is 0.488 e. The van der Waals surface area contributed by atoms with Gasteiger partial charge in [0.15, 0.2) is 0 Å². The van der Waals surface area contributed by atoms with Crippen LogP contribution in [0, 0.1) is 5.82 Å². The average molecular weight is 350 g/mol. The second-order valence-electron chi connectivity index (χ2n) is 6.20. The number of halogens is 2. The lowest BCUT2D eigenvalue weighted by molar-refractivity contribution is 0.294. The van der Waals surface area contributed by atoms with Gasteiger partial charge in [-0.3, -0.25) is 0 Å². The van der Waals surface area contributed by atoms with E-state index in [0.717, 1.165) is 17.9 Å². The molecule has 1 aliphatic carbocycles. The Bertz CT molecular complexity index is 629. The maximum atomic E-state index is 13.7. The zero-order chi connectivity index (χ0) is 15.9. The van der Waals surface area contributed by atoms with E-state index in [4.69, 9.17) is 4.74 Å². The van der Waals surface area contributed by atoms with Crippen molar-refractivity contribution in [2.45, 2.75) is 51.3 Å². The first-order valence-electron chi connectivity index (χ1n) is 8.50. The van der Waals surface area contributed by atoms with Crippen molar-refractivity contribution in [2.24, 2.45) is 0 Å². The van der Waals surface area contributed by atoms with Crippen molar-refractivity contribution < 1.29 is 9.13 Å². The van der Waals surface area contributed by atoms with Gasteiger partial charge in [0.25, 0.3) is 0 Å². The van der Waals surface area contributed by atoms with Crippen molar-refractivity contribution in [3.63, 3.8) is 0 Å². The molecule has 0 heterocycles. The summed E-state index contributed by atoms with van der Waals surface area (Å²) in [4.78, 5) is 0. The molecule has 1 N–H and O–H groups in total. The Morgan fingerprint density at radius 2 is 1.58 bits per heavy atom. The van der Waals surface area contributed by atoms with Gasteiger partial charge in [-0.1, -0.05) is 55.7 Å². The first-order valence-corrected chi connectivity index (χ1v) is 8.50. The summed E-state index contributed by atoms with van der Waals surface area (Å²) in [7, 11) is 0. The highest BCUT2D eigenvalue weighted by Crippen LogP contribution is 2.22. The highest BCUT2D eigenvalue weighted by molar-refractivity contribution is 5.85. The monoisotopic (exact) mass is 349 g/mol. The predicted molar refractivity (Wildman–Crippen MR) is 98.1 cm³/mol. The van der Waals surface area contributed by atoms with Gasteiger partial charge in [0.1, 0.15) is 18.2 Å². The minimum absolute atomic E-state index is 0. The van der Waals surface area contributed by atoms with Gasteiger partial charge in [-0.15, -0.1) is 12.4 Å². The smallest absolute Gasteiger partial charge is 0.129 e. The van der Waals surface area contributed by atoms with Crippen molar-refractivity contribution in [1.82, 2.24) is 5.32 Å². The van der Waals surface area contributed by atoms with Crippen LogP contribution in [0.5, 0.6) is 5.75 Å². The number of benzene rings is 2. The Balaban J connectivity index is 0.00000208. The highest BCUT2D eigenvalue weighted by atomic mass is 35.5. The average Bonchev–Trinajstić information content (AvgIpc) is 2.61. The van der Waals surface area contributed by atoms with Crippen LogP contribution in [0.4, 0.5) is 4.39 Å². The summed E-state index contributed by atoms with van der Waals surface area (Å²) in [6, 6.07) is 15.4. The molecule has 0 spiro atoms. The third-order valence-electron chi connectivity index (χ3n) is 4.50. The molecular weight excluding hydrogens is 325 g/mol. The third-order valence-corrected chi connectivity index (χ3v) is 4.50. The number of ether oxygens (including phenoxy) is 1. The van der Waals surface area contributed by atoms with Crippen molar-refractivity contribution in [1.29, 1.82) is 0 Å². The van der Waals surface area contributed by atoms with Gasteiger partial charge in [-0.05, 0) is 25.0 Å². The van der Waals surface area contributed by atoms with E-state index in [1.165, 1.54) is 38.2 Å². The van der Waals surface area contributed by atoms with Crippen molar-refractivity contribution in [2.75, 3.05) is 0 Å². The predicted octanol–water partition coefficient (Wildman–Crippen LogP) is 5.25. The SMILES string of the molecule is Cl.Fc1ccccc1COc1ccccc1CNC1CCCCC1. The number of nitrogens with one attached hydrogen (secondary N) is 1. The summed E-state index contributed by atoms with van der Waals surface area (Å²) >= 11 is 0. The Labute approximate surface area is 149 Å². The molecule has 24 heavy (non-hydrogen) atoms. The second-order valence-corrected chi connectivity index (χ2v) is 6.20. The molecule has 0 aliphatic heterocycles. The topological polar surface area (TPSA) is 21.3 Å². The van der Waals surface area contributed by atoms with Gasteiger partial charge in [0, 0.05) is 23.7 Å². The lowest BCUT2D eigenvalue weighted by Gasteiger charge is -2.23. The zero-order valence-corrected chi connectivity index (χ0v) is 14.7. The number of hydrogen-bond donors (Lipinski definition) is 1. The molecule has 0 saturated heterocycles. The molecule has 1 aliphatic rings. The van der Waals surface area contributed by atoms with Crippen LogP contribution in [0.15, 0.2) is 48.5 Å². The first-order chi connectivity index (χ1) is 11.3. The quantitative estimate of drug-likeness (QED) is 0.769. The Morgan fingerprint density at radius 1 is 0.917 bits per heavy atom. The van der Waals surface area contributed by atoms with Gasteiger partial charge < -0.3 is 10.1 Å². The van der Waals surface area contributed by atoms with Crippen molar-refractivity contribution in [3.05, 3.63) is 65.5 Å². The van der Waals surface area contributed by atoms with Gasteiger partial charge in [0.05, 0.1) is 0 Å². The molecule has 0 amide bonds. The van der Waals surface area contributed by atoms with Crippen molar-refractivity contribution >= 4 is 12.4 Å². The van der Waals surface area contributed by atoms with Crippen LogP contribution in [-0.4, -0.2) is 6.04 Å². The van der Waals surface area contributed by atoms with Crippen LogP contribution in [0.1, 0.15) is 43.2 Å². The van der Waals surface area contributed by atoms with Gasteiger partial charge in [-0.2, -0.15) is 0 Å².